The molecule has 0 fully saturated rings. The number of halogens is 6. The molecule has 1 amide bonds. The average Bonchev–Trinajstić information content (AvgIpc) is 3.35. The van der Waals surface area contributed by atoms with Gasteiger partial charge in [-0.25, -0.2) is 10.2 Å². The lowest BCUT2D eigenvalue weighted by Crippen LogP contribution is -2.19. The van der Waals surface area contributed by atoms with Crippen LogP contribution in [-0.2, 0) is 6.18 Å². The van der Waals surface area contributed by atoms with Crippen molar-refractivity contribution in [1.82, 2.24) is 10.4 Å². The number of hydrogen-bond donors (Lipinski definition) is 2. The summed E-state index contributed by atoms with van der Waals surface area (Å²) >= 11 is 16.2. The van der Waals surface area contributed by atoms with Crippen molar-refractivity contribution < 1.29 is 27.5 Å². The van der Waals surface area contributed by atoms with Crippen LogP contribution in [0.4, 0.5) is 13.2 Å². The first-order chi connectivity index (χ1) is 20.0. The van der Waals surface area contributed by atoms with Crippen LogP contribution >= 0.6 is 39.1 Å². The molecule has 0 aliphatic rings. The van der Waals surface area contributed by atoms with Crippen molar-refractivity contribution in [3.05, 3.63) is 122 Å². The number of rotatable bonds is 6. The van der Waals surface area contributed by atoms with Crippen LogP contribution in [0, 0.1) is 0 Å². The van der Waals surface area contributed by atoms with Crippen LogP contribution in [0.25, 0.3) is 22.0 Å². The molecule has 0 radical (unpaired) electrons. The van der Waals surface area contributed by atoms with Crippen molar-refractivity contribution in [2.75, 3.05) is 0 Å². The van der Waals surface area contributed by atoms with Gasteiger partial charge in [0, 0.05) is 31.6 Å². The second-order valence-corrected chi connectivity index (χ2v) is 10.6. The van der Waals surface area contributed by atoms with E-state index in [1.54, 1.807) is 48.5 Å². The van der Waals surface area contributed by atoms with E-state index in [2.05, 4.69) is 31.4 Å². The molecule has 5 aromatic rings. The van der Waals surface area contributed by atoms with Crippen LogP contribution in [0.15, 0.2) is 94.5 Å². The molecule has 6 nitrogen and oxygen atoms in total. The third-order valence-electron chi connectivity index (χ3n) is 6.12. The third-order valence-corrected chi connectivity index (χ3v) is 7.26. The van der Waals surface area contributed by atoms with Crippen LogP contribution < -0.4 is 10.2 Å². The number of aromatic nitrogens is 1. The van der Waals surface area contributed by atoms with E-state index in [4.69, 9.17) is 27.9 Å². The highest BCUT2D eigenvalue weighted by Crippen LogP contribution is 2.38. The molecule has 12 heteroatoms. The molecule has 4 aromatic carbocycles. The van der Waals surface area contributed by atoms with E-state index in [0.29, 0.717) is 42.6 Å². The van der Waals surface area contributed by atoms with Gasteiger partial charge in [-0.3, -0.25) is 4.79 Å². The van der Waals surface area contributed by atoms with E-state index in [-0.39, 0.29) is 22.6 Å². The van der Waals surface area contributed by atoms with Gasteiger partial charge in [-0.2, -0.15) is 18.3 Å². The van der Waals surface area contributed by atoms with Gasteiger partial charge in [0.1, 0.15) is 11.4 Å². The van der Waals surface area contributed by atoms with Crippen molar-refractivity contribution in [3.8, 4) is 16.9 Å². The Balaban J connectivity index is 1.42. The molecule has 2 N–H and O–H groups in total. The summed E-state index contributed by atoms with van der Waals surface area (Å²) in [5.74, 6) is -1.60. The minimum Gasteiger partial charge on any atom is -0.422 e. The lowest BCUT2D eigenvalue weighted by atomic mass is 10.0. The summed E-state index contributed by atoms with van der Waals surface area (Å²) in [5, 5.41) is 5.54. The maximum Gasteiger partial charge on any atom is 0.416 e. The van der Waals surface area contributed by atoms with Crippen LogP contribution in [0.1, 0.15) is 32.0 Å². The molecule has 1 heterocycles. The van der Waals surface area contributed by atoms with Crippen molar-refractivity contribution in [2.24, 2.45) is 5.10 Å². The zero-order valence-corrected chi connectivity index (χ0v) is 24.2. The normalized spacial score (nSPS) is 11.7. The largest absolute Gasteiger partial charge is 0.422 e. The molecule has 0 saturated heterocycles. The number of nitrogens with zero attached hydrogens (tertiary/aromatic N) is 1. The summed E-state index contributed by atoms with van der Waals surface area (Å²) in [5.41, 5.74) is 3.28. The number of esters is 1. The Morgan fingerprint density at radius 1 is 0.929 bits per heavy atom. The van der Waals surface area contributed by atoms with Gasteiger partial charge in [-0.1, -0.05) is 75.5 Å². The molecule has 0 aliphatic heterocycles. The topological polar surface area (TPSA) is 83.5 Å². The molecule has 0 aliphatic carbocycles. The quantitative estimate of drug-likeness (QED) is 0.0817. The van der Waals surface area contributed by atoms with Gasteiger partial charge in [-0.05, 0) is 48.5 Å². The fraction of sp³-hybridized carbons (Fsp3) is 0.0333. The molecule has 5 rings (SSSR count). The Morgan fingerprint density at radius 3 is 2.43 bits per heavy atom. The molecular formula is C30H17BrCl2F3N3O3. The second-order valence-electron chi connectivity index (χ2n) is 8.87. The van der Waals surface area contributed by atoms with E-state index in [1.807, 2.05) is 6.07 Å². The van der Waals surface area contributed by atoms with Crippen LogP contribution in [0.3, 0.4) is 0 Å². The minimum absolute atomic E-state index is 0.00719. The summed E-state index contributed by atoms with van der Waals surface area (Å²) in [6, 6.07) is 20.8. The van der Waals surface area contributed by atoms with Crippen LogP contribution in [0.2, 0.25) is 10.0 Å². The van der Waals surface area contributed by atoms with Crippen LogP contribution in [0.5, 0.6) is 5.75 Å². The van der Waals surface area contributed by atoms with Crippen molar-refractivity contribution in [1.29, 1.82) is 0 Å². The lowest BCUT2D eigenvalue weighted by Gasteiger charge is -2.10. The van der Waals surface area contributed by atoms with Gasteiger partial charge in [0.2, 0.25) is 0 Å². The molecule has 1 aromatic heterocycles. The van der Waals surface area contributed by atoms with E-state index in [1.165, 1.54) is 18.3 Å². The lowest BCUT2D eigenvalue weighted by molar-refractivity contribution is -0.137. The SMILES string of the molecule is O=C(Oc1ccc(Br)cc1C=NNC(=O)c1[nH]c2c(Cl)cccc2c1-c1ccccc1Cl)c1cccc(C(F)(F)F)c1. The molecule has 0 bridgehead atoms. The maximum absolute atomic E-state index is 13.3. The molecule has 0 unspecified atom stereocenters. The zero-order valence-electron chi connectivity index (χ0n) is 21.1. The number of para-hydroxylation sites is 1. The maximum atomic E-state index is 13.3. The Kier molecular flexibility index (Phi) is 8.40. The van der Waals surface area contributed by atoms with Crippen LogP contribution in [-0.4, -0.2) is 23.1 Å². The monoisotopic (exact) mass is 673 g/mol. The van der Waals surface area contributed by atoms with Crippen molar-refractivity contribution >= 4 is 68.1 Å². The molecule has 42 heavy (non-hydrogen) atoms. The highest BCUT2D eigenvalue weighted by Gasteiger charge is 2.31. The number of fused-ring (bicyclic) bond motifs is 1. The number of ether oxygens (including phenoxy) is 1. The van der Waals surface area contributed by atoms with E-state index in [9.17, 15) is 22.8 Å². The molecule has 0 spiro atoms. The Hall–Kier alpha value is -4.12. The second kappa shape index (κ2) is 12.0. The number of benzene rings is 4. The first kappa shape index (κ1) is 29.4. The summed E-state index contributed by atoms with van der Waals surface area (Å²) in [6.45, 7) is 0. The van der Waals surface area contributed by atoms with Gasteiger partial charge in [-0.15, -0.1) is 0 Å². The highest BCUT2D eigenvalue weighted by atomic mass is 79.9. The minimum atomic E-state index is -4.62. The number of alkyl halides is 3. The number of nitrogens with one attached hydrogen (secondary N) is 2. The predicted octanol–water partition coefficient (Wildman–Crippen LogP) is 8.91. The smallest absolute Gasteiger partial charge is 0.416 e. The van der Waals surface area contributed by atoms with E-state index >= 15 is 0 Å². The number of amides is 1. The fourth-order valence-corrected chi connectivity index (χ4v) is 5.04. The van der Waals surface area contributed by atoms with Gasteiger partial charge in [0.25, 0.3) is 5.91 Å². The summed E-state index contributed by atoms with van der Waals surface area (Å²) in [6.07, 6.45) is -3.38. The number of carbonyl (C=O) groups excluding carboxylic acids is 2. The Morgan fingerprint density at radius 2 is 1.67 bits per heavy atom. The average molecular weight is 675 g/mol. The van der Waals surface area contributed by atoms with Gasteiger partial charge >= 0.3 is 12.1 Å². The first-order valence-corrected chi connectivity index (χ1v) is 13.7. The summed E-state index contributed by atoms with van der Waals surface area (Å²) in [4.78, 5) is 29.0. The molecule has 0 saturated carbocycles. The Labute approximate surface area is 255 Å². The Bertz CT molecular complexity index is 1870. The fourth-order valence-electron chi connectivity index (χ4n) is 4.21. The third kappa shape index (κ3) is 6.20. The van der Waals surface area contributed by atoms with Gasteiger partial charge in [0.05, 0.1) is 27.9 Å². The standard InChI is InChI=1S/C30H17BrCl2F3N3O3/c31-19-11-12-24(42-29(41)16-5-3-6-18(13-16)30(34,35)36)17(14-19)15-37-39-28(40)27-25(20-7-1-2-9-22(20)32)21-8-4-10-23(33)26(21)38-27/h1-15,38H,(H,39,40). The first-order valence-electron chi connectivity index (χ1n) is 12.1. The number of hydrazone groups is 1. The highest BCUT2D eigenvalue weighted by molar-refractivity contribution is 9.10. The van der Waals surface area contributed by atoms with Gasteiger partial charge < -0.3 is 9.72 Å². The number of carbonyl (C=O) groups is 2. The van der Waals surface area contributed by atoms with Crippen molar-refractivity contribution in [3.63, 3.8) is 0 Å². The summed E-state index contributed by atoms with van der Waals surface area (Å²) < 4.78 is 45.2. The molecule has 212 valence electrons. The summed E-state index contributed by atoms with van der Waals surface area (Å²) in [7, 11) is 0. The van der Waals surface area contributed by atoms with E-state index < -0.39 is 23.6 Å². The number of H-pyrrole nitrogens is 1. The predicted molar refractivity (Wildman–Crippen MR) is 159 cm³/mol. The van der Waals surface area contributed by atoms with Gasteiger partial charge in [0.15, 0.2) is 0 Å². The molecular weight excluding hydrogens is 658 g/mol. The number of hydrogen-bond acceptors (Lipinski definition) is 4. The number of aromatic amines is 1. The van der Waals surface area contributed by atoms with Crippen molar-refractivity contribution in [2.45, 2.75) is 6.18 Å². The molecule has 0 atom stereocenters. The zero-order chi connectivity index (χ0) is 30.0. The van der Waals surface area contributed by atoms with E-state index in [0.717, 1.165) is 12.1 Å².